The maximum Gasteiger partial charge on any atom is 0.126 e. The van der Waals surface area contributed by atoms with Gasteiger partial charge < -0.3 is 4.74 Å². The van der Waals surface area contributed by atoms with Crippen molar-refractivity contribution in [3.05, 3.63) is 63.6 Å². The van der Waals surface area contributed by atoms with Crippen LogP contribution in [0.25, 0.3) is 11.6 Å². The number of para-hydroxylation sites is 1. The average Bonchev–Trinajstić information content (AvgIpc) is 2.48. The lowest BCUT2D eigenvalue weighted by Crippen LogP contribution is -1.94. The minimum Gasteiger partial charge on any atom is -0.493 e. The Morgan fingerprint density at radius 2 is 1.81 bits per heavy atom. The summed E-state index contributed by atoms with van der Waals surface area (Å²) < 4.78 is 5.56. The quantitative estimate of drug-likeness (QED) is 0.554. The van der Waals surface area contributed by atoms with Gasteiger partial charge in [-0.3, -0.25) is 0 Å². The molecule has 0 bridgehead atoms. The number of allylic oxidation sites excluding steroid dienone is 1. The molecule has 21 heavy (non-hydrogen) atoms. The molecule has 0 radical (unpaired) electrons. The molecule has 0 spiro atoms. The summed E-state index contributed by atoms with van der Waals surface area (Å²) in [5.74, 6) is 0.718. The summed E-state index contributed by atoms with van der Waals surface area (Å²) in [7, 11) is 0. The van der Waals surface area contributed by atoms with Crippen molar-refractivity contribution in [3.8, 4) is 11.8 Å². The van der Waals surface area contributed by atoms with Gasteiger partial charge in [0.15, 0.2) is 0 Å². The van der Waals surface area contributed by atoms with Gasteiger partial charge in [-0.25, -0.2) is 0 Å². The van der Waals surface area contributed by atoms with E-state index in [4.69, 9.17) is 27.9 Å². The van der Waals surface area contributed by atoms with Crippen LogP contribution >= 0.6 is 23.2 Å². The van der Waals surface area contributed by atoms with E-state index in [1.807, 2.05) is 31.2 Å². The van der Waals surface area contributed by atoms with E-state index in [0.29, 0.717) is 27.8 Å². The lowest BCUT2D eigenvalue weighted by molar-refractivity contribution is 0.339. The SMILES string of the molecule is CCOc1ccccc1C=C(C#N)c1c(Cl)cccc1Cl. The number of halogens is 2. The highest BCUT2D eigenvalue weighted by atomic mass is 35.5. The summed E-state index contributed by atoms with van der Waals surface area (Å²) in [5, 5.41) is 10.3. The summed E-state index contributed by atoms with van der Waals surface area (Å²) in [5.41, 5.74) is 1.75. The highest BCUT2D eigenvalue weighted by Gasteiger charge is 2.12. The van der Waals surface area contributed by atoms with Gasteiger partial charge in [0.2, 0.25) is 0 Å². The van der Waals surface area contributed by atoms with Crippen LogP contribution < -0.4 is 4.74 Å². The minimum atomic E-state index is 0.401. The van der Waals surface area contributed by atoms with E-state index in [9.17, 15) is 5.26 Å². The highest BCUT2D eigenvalue weighted by molar-refractivity contribution is 6.38. The molecule has 0 heterocycles. The van der Waals surface area contributed by atoms with Crippen LogP contribution in [0.15, 0.2) is 42.5 Å². The van der Waals surface area contributed by atoms with Crippen molar-refractivity contribution in [3.63, 3.8) is 0 Å². The summed E-state index contributed by atoms with van der Waals surface area (Å²) >= 11 is 12.3. The second-order valence-electron chi connectivity index (χ2n) is 4.24. The van der Waals surface area contributed by atoms with Crippen molar-refractivity contribution < 1.29 is 4.74 Å². The Morgan fingerprint density at radius 3 is 2.43 bits per heavy atom. The monoisotopic (exact) mass is 317 g/mol. The fourth-order valence-electron chi connectivity index (χ4n) is 1.96. The maximum absolute atomic E-state index is 9.43. The number of rotatable bonds is 4. The number of benzene rings is 2. The molecule has 0 amide bonds. The first-order valence-electron chi connectivity index (χ1n) is 6.45. The van der Waals surface area contributed by atoms with Crippen molar-refractivity contribution in [1.29, 1.82) is 5.26 Å². The fourth-order valence-corrected chi connectivity index (χ4v) is 2.56. The summed E-state index contributed by atoms with van der Waals surface area (Å²) in [4.78, 5) is 0. The molecular formula is C17H13Cl2NO. The molecule has 4 heteroatoms. The number of hydrogen-bond acceptors (Lipinski definition) is 2. The van der Waals surface area contributed by atoms with Crippen LogP contribution in [0, 0.1) is 11.3 Å². The van der Waals surface area contributed by atoms with Gasteiger partial charge in [0.25, 0.3) is 0 Å². The lowest BCUT2D eigenvalue weighted by Gasteiger charge is -2.09. The molecule has 2 aromatic carbocycles. The molecule has 0 aromatic heterocycles. The highest BCUT2D eigenvalue weighted by Crippen LogP contribution is 2.33. The number of hydrogen-bond donors (Lipinski definition) is 0. The molecule has 0 fully saturated rings. The van der Waals surface area contributed by atoms with E-state index >= 15 is 0 Å². The van der Waals surface area contributed by atoms with Crippen LogP contribution in [0.4, 0.5) is 0 Å². The smallest absolute Gasteiger partial charge is 0.126 e. The van der Waals surface area contributed by atoms with Gasteiger partial charge in [0.05, 0.1) is 28.3 Å². The number of nitriles is 1. The Hall–Kier alpha value is -1.95. The van der Waals surface area contributed by atoms with Crippen LogP contribution in [0.3, 0.4) is 0 Å². The Bertz CT molecular complexity index is 697. The number of nitrogens with zero attached hydrogens (tertiary/aromatic N) is 1. The molecule has 106 valence electrons. The zero-order valence-corrected chi connectivity index (χ0v) is 12.9. The van der Waals surface area contributed by atoms with Gasteiger partial charge in [0.1, 0.15) is 5.75 Å². The van der Waals surface area contributed by atoms with Gasteiger partial charge in [0, 0.05) is 11.1 Å². The van der Waals surface area contributed by atoms with Crippen LogP contribution in [0.1, 0.15) is 18.1 Å². The van der Waals surface area contributed by atoms with Crippen LogP contribution in [0.5, 0.6) is 5.75 Å². The first kappa shape index (κ1) is 15.4. The molecule has 2 nitrogen and oxygen atoms in total. The Kier molecular flexibility index (Phi) is 5.27. The van der Waals surface area contributed by atoms with Gasteiger partial charge in [-0.2, -0.15) is 5.26 Å². The fraction of sp³-hybridized carbons (Fsp3) is 0.118. The van der Waals surface area contributed by atoms with Crippen molar-refractivity contribution in [2.75, 3.05) is 6.61 Å². The third-order valence-electron chi connectivity index (χ3n) is 2.87. The maximum atomic E-state index is 9.43. The van der Waals surface area contributed by atoms with Crippen molar-refractivity contribution in [1.82, 2.24) is 0 Å². The second-order valence-corrected chi connectivity index (χ2v) is 5.05. The Morgan fingerprint density at radius 1 is 1.14 bits per heavy atom. The molecule has 2 rings (SSSR count). The van der Waals surface area contributed by atoms with E-state index in [-0.39, 0.29) is 0 Å². The molecule has 0 unspecified atom stereocenters. The summed E-state index contributed by atoms with van der Waals surface area (Å²) in [6.45, 7) is 2.47. The zero-order chi connectivity index (χ0) is 15.2. The molecule has 0 atom stereocenters. The molecule has 0 aliphatic rings. The largest absolute Gasteiger partial charge is 0.493 e. The average molecular weight is 318 g/mol. The van der Waals surface area contributed by atoms with Gasteiger partial charge >= 0.3 is 0 Å². The molecule has 0 saturated heterocycles. The van der Waals surface area contributed by atoms with Gasteiger partial charge in [-0.1, -0.05) is 47.5 Å². The minimum absolute atomic E-state index is 0.401. The predicted octanol–water partition coefficient (Wildman–Crippen LogP) is 5.46. The Labute approximate surface area is 134 Å². The van der Waals surface area contributed by atoms with Crippen LogP contribution in [0.2, 0.25) is 10.0 Å². The molecule has 0 saturated carbocycles. The lowest BCUT2D eigenvalue weighted by atomic mass is 10.0. The first-order valence-corrected chi connectivity index (χ1v) is 7.21. The van der Waals surface area contributed by atoms with Gasteiger partial charge in [-0.15, -0.1) is 0 Å². The summed E-state index contributed by atoms with van der Waals surface area (Å²) in [6, 6.07) is 14.8. The van der Waals surface area contributed by atoms with E-state index in [1.54, 1.807) is 24.3 Å². The normalized spacial score (nSPS) is 11.0. The van der Waals surface area contributed by atoms with Gasteiger partial charge in [-0.05, 0) is 31.2 Å². The third kappa shape index (κ3) is 3.58. The standard InChI is InChI=1S/C17H13Cl2NO/c1-2-21-16-9-4-3-6-12(16)10-13(11-20)17-14(18)7-5-8-15(17)19/h3-10H,2H2,1H3. The van der Waals surface area contributed by atoms with E-state index in [1.165, 1.54) is 0 Å². The third-order valence-corrected chi connectivity index (χ3v) is 3.50. The Balaban J connectivity index is 2.55. The van der Waals surface area contributed by atoms with Crippen LogP contribution in [-0.2, 0) is 0 Å². The predicted molar refractivity (Wildman–Crippen MR) is 87.6 cm³/mol. The van der Waals surface area contributed by atoms with Crippen molar-refractivity contribution >= 4 is 34.9 Å². The van der Waals surface area contributed by atoms with Crippen molar-refractivity contribution in [2.24, 2.45) is 0 Å². The second kappa shape index (κ2) is 7.17. The zero-order valence-electron chi connectivity index (χ0n) is 11.4. The van der Waals surface area contributed by atoms with Crippen molar-refractivity contribution in [2.45, 2.75) is 6.92 Å². The molecule has 2 aromatic rings. The van der Waals surface area contributed by atoms with E-state index in [2.05, 4.69) is 6.07 Å². The topological polar surface area (TPSA) is 33.0 Å². The molecule has 0 aliphatic carbocycles. The van der Waals surface area contributed by atoms with Crippen LogP contribution in [-0.4, -0.2) is 6.61 Å². The van der Waals surface area contributed by atoms with E-state index in [0.717, 1.165) is 11.3 Å². The summed E-state index contributed by atoms with van der Waals surface area (Å²) in [6.07, 6.45) is 1.73. The molecule has 0 N–H and O–H groups in total. The number of ether oxygens (including phenoxy) is 1. The first-order chi connectivity index (χ1) is 10.2. The van der Waals surface area contributed by atoms with E-state index < -0.39 is 0 Å². The molecular weight excluding hydrogens is 305 g/mol. The molecule has 0 aliphatic heterocycles.